The number of phenols is 1. The normalized spacial score (nSPS) is 33.0. The molecule has 0 aromatic heterocycles. The summed E-state index contributed by atoms with van der Waals surface area (Å²) < 4.78 is 0. The summed E-state index contributed by atoms with van der Waals surface area (Å²) in [6.07, 6.45) is 4.36. The average molecular weight is 271 g/mol. The van der Waals surface area contributed by atoms with E-state index >= 15 is 0 Å². The lowest BCUT2D eigenvalue weighted by molar-refractivity contribution is -0.134. The van der Waals surface area contributed by atoms with Crippen LogP contribution in [0.2, 0.25) is 0 Å². The van der Waals surface area contributed by atoms with Gasteiger partial charge in [0.15, 0.2) is 5.78 Å². The van der Waals surface area contributed by atoms with E-state index in [0.717, 1.165) is 37.4 Å². The number of carbonyl (C=O) groups is 1. The van der Waals surface area contributed by atoms with Crippen molar-refractivity contribution in [2.75, 3.05) is 13.1 Å². The fourth-order valence-corrected chi connectivity index (χ4v) is 3.98. The van der Waals surface area contributed by atoms with E-state index in [4.69, 9.17) is 0 Å². The maximum atomic E-state index is 12.9. The molecule has 2 unspecified atom stereocenters. The highest BCUT2D eigenvalue weighted by molar-refractivity contribution is 5.97. The van der Waals surface area contributed by atoms with Gasteiger partial charge in [-0.3, -0.25) is 9.69 Å². The summed E-state index contributed by atoms with van der Waals surface area (Å²) in [4.78, 5) is 15.3. The van der Waals surface area contributed by atoms with Crippen LogP contribution in [-0.4, -0.2) is 34.9 Å². The minimum Gasteiger partial charge on any atom is -0.508 e. The predicted octanol–water partition coefficient (Wildman–Crippen LogP) is 2.26. The molecule has 0 spiro atoms. The number of carbonyl (C=O) groups excluding carboxylic acids is 1. The first-order chi connectivity index (χ1) is 9.58. The van der Waals surface area contributed by atoms with E-state index in [9.17, 15) is 9.90 Å². The van der Waals surface area contributed by atoms with Crippen LogP contribution in [0.3, 0.4) is 0 Å². The van der Waals surface area contributed by atoms with Crippen LogP contribution in [0.4, 0.5) is 0 Å². The molecule has 1 saturated heterocycles. The first kappa shape index (κ1) is 12.4. The second-order valence-corrected chi connectivity index (χ2v) is 6.95. The lowest BCUT2D eigenvalue weighted by Crippen LogP contribution is -2.59. The zero-order valence-corrected chi connectivity index (χ0v) is 11.9. The van der Waals surface area contributed by atoms with Gasteiger partial charge in [-0.1, -0.05) is 6.07 Å². The summed E-state index contributed by atoms with van der Waals surface area (Å²) in [6.45, 7) is 4.17. The highest BCUT2D eigenvalue weighted by Crippen LogP contribution is 2.44. The van der Waals surface area contributed by atoms with Gasteiger partial charge in [-0.15, -0.1) is 0 Å². The molecule has 1 aromatic carbocycles. The number of aromatic hydroxyl groups is 1. The molecule has 106 valence electrons. The van der Waals surface area contributed by atoms with E-state index in [0.29, 0.717) is 5.78 Å². The Balaban J connectivity index is 1.73. The highest BCUT2D eigenvalue weighted by Gasteiger charge is 2.50. The average Bonchev–Trinajstić information content (AvgIpc) is 3.22. The monoisotopic (exact) mass is 271 g/mol. The van der Waals surface area contributed by atoms with Gasteiger partial charge in [-0.05, 0) is 61.8 Å². The highest BCUT2D eigenvalue weighted by atomic mass is 16.3. The number of phenolic OH excluding ortho intramolecular Hbond substituents is 1. The fourth-order valence-electron chi connectivity index (χ4n) is 3.98. The van der Waals surface area contributed by atoms with Crippen molar-refractivity contribution in [2.45, 2.75) is 44.1 Å². The van der Waals surface area contributed by atoms with Crippen LogP contribution in [0.5, 0.6) is 5.75 Å². The predicted molar refractivity (Wildman–Crippen MR) is 76.9 cm³/mol. The third-order valence-electron chi connectivity index (χ3n) is 5.48. The van der Waals surface area contributed by atoms with Gasteiger partial charge in [-0.2, -0.15) is 0 Å². The van der Waals surface area contributed by atoms with Gasteiger partial charge in [0.25, 0.3) is 0 Å². The molecule has 20 heavy (non-hydrogen) atoms. The van der Waals surface area contributed by atoms with Gasteiger partial charge in [0.2, 0.25) is 0 Å². The van der Waals surface area contributed by atoms with Gasteiger partial charge in [0, 0.05) is 13.1 Å². The number of nitrogens with zero attached hydrogens (tertiary/aromatic N) is 1. The molecule has 1 N–H and O–H groups in total. The zero-order valence-electron chi connectivity index (χ0n) is 11.9. The van der Waals surface area contributed by atoms with Crippen molar-refractivity contribution in [1.29, 1.82) is 0 Å². The number of likely N-dealkylation sites (tertiary alicyclic amines) is 1. The molecule has 2 fully saturated rings. The van der Waals surface area contributed by atoms with Crippen molar-refractivity contribution < 1.29 is 9.90 Å². The number of ketones is 1. The smallest absolute Gasteiger partial charge is 0.160 e. The molecule has 3 heteroatoms. The van der Waals surface area contributed by atoms with Crippen LogP contribution >= 0.6 is 0 Å². The van der Waals surface area contributed by atoms with Gasteiger partial charge < -0.3 is 5.11 Å². The van der Waals surface area contributed by atoms with Gasteiger partial charge in [0.05, 0.1) is 11.5 Å². The van der Waals surface area contributed by atoms with Crippen LogP contribution < -0.4 is 0 Å². The Bertz CT molecular complexity index is 578. The molecule has 1 heterocycles. The first-order valence-electron chi connectivity index (χ1n) is 7.69. The molecule has 3 nitrogen and oxygen atoms in total. The Morgan fingerprint density at radius 1 is 1.40 bits per heavy atom. The van der Waals surface area contributed by atoms with Crippen molar-refractivity contribution in [3.8, 4) is 5.75 Å². The standard InChI is InChI=1S/C17H21NO2/c1-17-6-7-18(10-11-2-3-11)15(16(17)20)8-12-4-5-13(19)9-14(12)17/h4-5,9,11,15,19H,2-3,6-8,10H2,1H3. The molecule has 3 aliphatic rings. The minimum atomic E-state index is -0.392. The molecule has 0 amide bonds. The number of Topliss-reactive ketones (excluding diaryl/α,β-unsaturated/α-hetero) is 1. The number of hydrogen-bond acceptors (Lipinski definition) is 3. The zero-order chi connectivity index (χ0) is 13.9. The second kappa shape index (κ2) is 4.08. The lowest BCUT2D eigenvalue weighted by Gasteiger charge is -2.48. The number of fused-ring (bicyclic) bond motifs is 4. The first-order valence-corrected chi connectivity index (χ1v) is 7.69. The summed E-state index contributed by atoms with van der Waals surface area (Å²) in [7, 11) is 0. The number of hydrogen-bond donors (Lipinski definition) is 1. The Morgan fingerprint density at radius 3 is 2.95 bits per heavy atom. The summed E-state index contributed by atoms with van der Waals surface area (Å²) >= 11 is 0. The van der Waals surface area contributed by atoms with E-state index in [1.165, 1.54) is 18.4 Å². The molecule has 2 bridgehead atoms. The van der Waals surface area contributed by atoms with Crippen molar-refractivity contribution in [1.82, 2.24) is 4.90 Å². The maximum Gasteiger partial charge on any atom is 0.160 e. The third-order valence-corrected chi connectivity index (χ3v) is 5.48. The lowest BCUT2D eigenvalue weighted by atomic mass is 9.64. The van der Waals surface area contributed by atoms with Crippen molar-refractivity contribution >= 4 is 5.78 Å². The molecule has 0 radical (unpaired) electrons. The van der Waals surface area contributed by atoms with E-state index in [2.05, 4.69) is 11.8 Å². The van der Waals surface area contributed by atoms with E-state index in [1.807, 2.05) is 6.07 Å². The molecule has 1 aromatic rings. The van der Waals surface area contributed by atoms with Crippen LogP contribution in [0.25, 0.3) is 0 Å². The SMILES string of the molecule is CC12CCN(CC3CC3)C(Cc3ccc(O)cc31)C2=O. The Hall–Kier alpha value is -1.35. The Kier molecular flexibility index (Phi) is 2.53. The molecule has 2 aliphatic carbocycles. The van der Waals surface area contributed by atoms with Crippen molar-refractivity contribution in [3.63, 3.8) is 0 Å². The molecule has 4 rings (SSSR count). The topological polar surface area (TPSA) is 40.5 Å². The van der Waals surface area contributed by atoms with Gasteiger partial charge >= 0.3 is 0 Å². The van der Waals surface area contributed by atoms with E-state index < -0.39 is 5.41 Å². The quantitative estimate of drug-likeness (QED) is 0.897. The molecule has 2 atom stereocenters. The van der Waals surface area contributed by atoms with Crippen LogP contribution in [0.15, 0.2) is 18.2 Å². The van der Waals surface area contributed by atoms with Crippen LogP contribution in [-0.2, 0) is 16.6 Å². The minimum absolute atomic E-state index is 0.0615. The Labute approximate surface area is 119 Å². The van der Waals surface area contributed by atoms with Crippen LogP contribution in [0.1, 0.15) is 37.3 Å². The summed E-state index contributed by atoms with van der Waals surface area (Å²) in [5.74, 6) is 1.47. The second-order valence-electron chi connectivity index (χ2n) is 6.95. The molecular weight excluding hydrogens is 250 g/mol. The van der Waals surface area contributed by atoms with Crippen LogP contribution in [0, 0.1) is 5.92 Å². The largest absolute Gasteiger partial charge is 0.508 e. The van der Waals surface area contributed by atoms with Gasteiger partial charge in [0.1, 0.15) is 5.75 Å². The Morgan fingerprint density at radius 2 is 2.20 bits per heavy atom. The van der Waals surface area contributed by atoms with E-state index in [1.54, 1.807) is 12.1 Å². The summed E-state index contributed by atoms with van der Waals surface area (Å²) in [5, 5.41) is 9.74. The summed E-state index contributed by atoms with van der Waals surface area (Å²) in [5.41, 5.74) is 1.91. The summed E-state index contributed by atoms with van der Waals surface area (Å²) in [6, 6.07) is 5.62. The molecule has 1 saturated carbocycles. The molecular formula is C17H21NO2. The van der Waals surface area contributed by atoms with Crippen molar-refractivity contribution in [2.24, 2.45) is 5.92 Å². The fraction of sp³-hybridized carbons (Fsp3) is 0.588. The number of piperidine rings is 1. The number of benzene rings is 1. The number of rotatable bonds is 2. The third kappa shape index (κ3) is 1.72. The van der Waals surface area contributed by atoms with E-state index in [-0.39, 0.29) is 11.8 Å². The maximum absolute atomic E-state index is 12.9. The van der Waals surface area contributed by atoms with Crippen molar-refractivity contribution in [3.05, 3.63) is 29.3 Å². The molecule has 1 aliphatic heterocycles. The van der Waals surface area contributed by atoms with Gasteiger partial charge in [-0.25, -0.2) is 0 Å².